The molecule has 3 aliphatic rings. The molecule has 0 radical (unpaired) electrons. The van der Waals surface area contributed by atoms with Gasteiger partial charge in [0, 0.05) is 45.0 Å². The summed E-state index contributed by atoms with van der Waals surface area (Å²) in [6.45, 7) is 8.13. The highest BCUT2D eigenvalue weighted by molar-refractivity contribution is 5.49. The van der Waals surface area contributed by atoms with Gasteiger partial charge in [0.2, 0.25) is 0 Å². The Hall–Kier alpha value is -1.53. The van der Waals surface area contributed by atoms with Crippen molar-refractivity contribution in [2.75, 3.05) is 57.3 Å². The zero-order valence-corrected chi connectivity index (χ0v) is 17.2. The molecule has 0 spiro atoms. The second-order valence-electron chi connectivity index (χ2n) is 8.71. The van der Waals surface area contributed by atoms with Crippen LogP contribution in [0, 0.1) is 0 Å². The van der Waals surface area contributed by atoms with E-state index in [-0.39, 0.29) is 0 Å². The summed E-state index contributed by atoms with van der Waals surface area (Å²) in [7, 11) is 0. The highest BCUT2D eigenvalue weighted by Crippen LogP contribution is 2.32. The van der Waals surface area contributed by atoms with Crippen LogP contribution in [-0.4, -0.2) is 62.2 Å². The standard InChI is InChI=1S/C23H32F3N3/c24-23(25,26)21-8-5-9-22(16-21)29-14-12-27(13-15-29)10-3-4-11-28-17-19-6-1-2-7-20(19)18-28/h5,8-9,16H,1-4,6-7,10-15,17-18H2. The van der Waals surface area contributed by atoms with E-state index in [1.807, 2.05) is 0 Å². The van der Waals surface area contributed by atoms with Crippen molar-refractivity contribution in [1.29, 1.82) is 0 Å². The van der Waals surface area contributed by atoms with Crippen molar-refractivity contribution in [2.45, 2.75) is 44.7 Å². The molecule has 29 heavy (non-hydrogen) atoms. The van der Waals surface area contributed by atoms with Crippen LogP contribution in [0.1, 0.15) is 44.1 Å². The molecule has 1 aromatic rings. The quantitative estimate of drug-likeness (QED) is 0.496. The largest absolute Gasteiger partial charge is 0.416 e. The van der Waals surface area contributed by atoms with Crippen molar-refractivity contribution >= 4 is 5.69 Å². The summed E-state index contributed by atoms with van der Waals surface area (Å²) in [6, 6.07) is 5.72. The fourth-order valence-electron chi connectivity index (χ4n) is 4.95. The molecule has 3 nitrogen and oxygen atoms in total. The minimum absolute atomic E-state index is 0.560. The third-order valence-corrected chi connectivity index (χ3v) is 6.65. The Balaban J connectivity index is 1.15. The maximum atomic E-state index is 12.9. The average molecular weight is 408 g/mol. The fraction of sp³-hybridized carbons (Fsp3) is 0.652. The van der Waals surface area contributed by atoms with Crippen molar-refractivity contribution in [3.63, 3.8) is 0 Å². The van der Waals surface area contributed by atoms with E-state index in [4.69, 9.17) is 0 Å². The Labute approximate surface area is 172 Å². The third-order valence-electron chi connectivity index (χ3n) is 6.65. The molecule has 0 atom stereocenters. The SMILES string of the molecule is FC(F)(F)c1cccc(N2CCN(CCCCN3CC4=C(CCCC4)C3)CC2)c1. The predicted molar refractivity (Wildman–Crippen MR) is 111 cm³/mol. The fourth-order valence-corrected chi connectivity index (χ4v) is 4.95. The zero-order chi connectivity index (χ0) is 20.3. The van der Waals surface area contributed by atoms with Gasteiger partial charge in [0.15, 0.2) is 0 Å². The van der Waals surface area contributed by atoms with Crippen LogP contribution in [0.2, 0.25) is 0 Å². The molecule has 1 saturated heterocycles. The van der Waals surface area contributed by atoms with Gasteiger partial charge in [0.25, 0.3) is 0 Å². The number of piperazine rings is 1. The first-order valence-corrected chi connectivity index (χ1v) is 11.1. The smallest absolute Gasteiger partial charge is 0.369 e. The van der Waals surface area contributed by atoms with Gasteiger partial charge in [-0.15, -0.1) is 0 Å². The Morgan fingerprint density at radius 1 is 0.793 bits per heavy atom. The van der Waals surface area contributed by atoms with Gasteiger partial charge in [-0.2, -0.15) is 13.2 Å². The van der Waals surface area contributed by atoms with Crippen LogP contribution < -0.4 is 4.90 Å². The van der Waals surface area contributed by atoms with Gasteiger partial charge in [-0.05, 0) is 69.8 Å². The van der Waals surface area contributed by atoms with E-state index in [1.165, 1.54) is 70.3 Å². The van der Waals surface area contributed by atoms with E-state index in [2.05, 4.69) is 14.7 Å². The predicted octanol–water partition coefficient (Wildman–Crippen LogP) is 4.79. The molecule has 4 rings (SSSR count). The second-order valence-corrected chi connectivity index (χ2v) is 8.71. The van der Waals surface area contributed by atoms with Crippen molar-refractivity contribution in [3.05, 3.63) is 41.0 Å². The maximum absolute atomic E-state index is 12.9. The van der Waals surface area contributed by atoms with Crippen LogP contribution in [0.4, 0.5) is 18.9 Å². The van der Waals surface area contributed by atoms with Gasteiger partial charge >= 0.3 is 6.18 Å². The number of anilines is 1. The number of benzene rings is 1. The first-order valence-electron chi connectivity index (χ1n) is 11.1. The van der Waals surface area contributed by atoms with Crippen LogP contribution in [0.5, 0.6) is 0 Å². The number of unbranched alkanes of at least 4 members (excludes halogenated alkanes) is 1. The molecule has 160 valence electrons. The van der Waals surface area contributed by atoms with E-state index < -0.39 is 11.7 Å². The molecule has 0 saturated carbocycles. The summed E-state index contributed by atoms with van der Waals surface area (Å²) in [5.41, 5.74) is 3.57. The highest BCUT2D eigenvalue weighted by atomic mass is 19.4. The summed E-state index contributed by atoms with van der Waals surface area (Å²) in [6.07, 6.45) is 3.55. The molecule has 0 N–H and O–H groups in total. The monoisotopic (exact) mass is 407 g/mol. The molecule has 0 amide bonds. The Bertz CT molecular complexity index is 702. The lowest BCUT2D eigenvalue weighted by molar-refractivity contribution is -0.137. The number of hydrogen-bond acceptors (Lipinski definition) is 3. The van der Waals surface area contributed by atoms with Crippen molar-refractivity contribution in [3.8, 4) is 0 Å². The lowest BCUT2D eigenvalue weighted by atomic mass is 9.94. The van der Waals surface area contributed by atoms with E-state index in [1.54, 1.807) is 17.2 Å². The summed E-state index contributed by atoms with van der Waals surface area (Å²) >= 11 is 0. The van der Waals surface area contributed by atoms with Crippen LogP contribution in [0.25, 0.3) is 0 Å². The molecule has 2 heterocycles. The lowest BCUT2D eigenvalue weighted by Crippen LogP contribution is -2.46. The van der Waals surface area contributed by atoms with Gasteiger partial charge in [0.1, 0.15) is 0 Å². The van der Waals surface area contributed by atoms with Crippen molar-refractivity contribution in [2.24, 2.45) is 0 Å². The highest BCUT2D eigenvalue weighted by Gasteiger charge is 2.31. The Morgan fingerprint density at radius 2 is 1.41 bits per heavy atom. The van der Waals surface area contributed by atoms with Gasteiger partial charge in [-0.25, -0.2) is 0 Å². The Morgan fingerprint density at radius 3 is 2.03 bits per heavy atom. The first-order chi connectivity index (χ1) is 14.0. The number of rotatable bonds is 6. The zero-order valence-electron chi connectivity index (χ0n) is 17.2. The Kier molecular flexibility index (Phi) is 6.50. The summed E-state index contributed by atoms with van der Waals surface area (Å²) in [4.78, 5) is 7.14. The van der Waals surface area contributed by atoms with Crippen molar-refractivity contribution < 1.29 is 13.2 Å². The number of hydrogen-bond donors (Lipinski definition) is 0. The number of halogens is 3. The van der Waals surface area contributed by atoms with Gasteiger partial charge in [-0.3, -0.25) is 9.80 Å². The van der Waals surface area contributed by atoms with Gasteiger partial charge in [0.05, 0.1) is 5.56 Å². The molecule has 2 aliphatic heterocycles. The van der Waals surface area contributed by atoms with Gasteiger partial charge in [-0.1, -0.05) is 17.2 Å². The third kappa shape index (κ3) is 5.34. The molecular weight excluding hydrogens is 375 g/mol. The van der Waals surface area contributed by atoms with E-state index in [9.17, 15) is 13.2 Å². The average Bonchev–Trinajstić information content (AvgIpc) is 3.14. The molecule has 6 heteroatoms. The van der Waals surface area contributed by atoms with Gasteiger partial charge < -0.3 is 4.90 Å². The molecule has 0 bridgehead atoms. The van der Waals surface area contributed by atoms with Crippen LogP contribution in [0.3, 0.4) is 0 Å². The van der Waals surface area contributed by atoms with E-state index in [0.29, 0.717) is 5.69 Å². The van der Waals surface area contributed by atoms with E-state index in [0.717, 1.165) is 38.8 Å². The van der Waals surface area contributed by atoms with Crippen LogP contribution in [0.15, 0.2) is 35.4 Å². The molecule has 0 aromatic heterocycles. The topological polar surface area (TPSA) is 9.72 Å². The molecule has 1 aromatic carbocycles. The molecule has 1 fully saturated rings. The first kappa shape index (κ1) is 20.7. The molecule has 0 unspecified atom stereocenters. The van der Waals surface area contributed by atoms with Crippen LogP contribution in [-0.2, 0) is 6.18 Å². The van der Waals surface area contributed by atoms with Crippen LogP contribution >= 0.6 is 0 Å². The molecular formula is C23H32F3N3. The minimum Gasteiger partial charge on any atom is -0.369 e. The summed E-state index contributed by atoms with van der Waals surface area (Å²) in [5.74, 6) is 0. The second kappa shape index (κ2) is 9.09. The lowest BCUT2D eigenvalue weighted by Gasteiger charge is -2.36. The van der Waals surface area contributed by atoms with Crippen molar-refractivity contribution in [1.82, 2.24) is 9.80 Å². The number of alkyl halides is 3. The normalized spacial score (nSPS) is 21.7. The minimum atomic E-state index is -4.28. The maximum Gasteiger partial charge on any atom is 0.416 e. The molecule has 1 aliphatic carbocycles. The summed E-state index contributed by atoms with van der Waals surface area (Å²) in [5, 5.41) is 0. The van der Waals surface area contributed by atoms with E-state index >= 15 is 0 Å². The summed E-state index contributed by atoms with van der Waals surface area (Å²) < 4.78 is 38.8. The number of nitrogens with zero attached hydrogens (tertiary/aromatic N) is 3.